The summed E-state index contributed by atoms with van der Waals surface area (Å²) in [7, 11) is -3.60. The first-order valence-corrected chi connectivity index (χ1v) is 14.6. The maximum Gasteiger partial charge on any atom is 0.300 e. The van der Waals surface area contributed by atoms with Crippen molar-refractivity contribution < 1.29 is 27.5 Å². The van der Waals surface area contributed by atoms with E-state index in [4.69, 9.17) is 0 Å². The van der Waals surface area contributed by atoms with Crippen molar-refractivity contribution in [3.05, 3.63) is 62.6 Å². The third kappa shape index (κ3) is 4.96. The molecule has 2 amide bonds. The van der Waals surface area contributed by atoms with Crippen molar-refractivity contribution in [3.8, 4) is 5.75 Å². The van der Waals surface area contributed by atoms with Gasteiger partial charge in [0.1, 0.15) is 17.7 Å². The number of carbonyl (C=O) groups is 2. The van der Waals surface area contributed by atoms with Crippen LogP contribution in [0, 0.1) is 12.7 Å². The van der Waals surface area contributed by atoms with Gasteiger partial charge in [-0.05, 0) is 62.6 Å². The molecule has 1 atom stereocenters. The molecule has 1 unspecified atom stereocenters. The maximum absolute atomic E-state index is 13.6. The molecule has 0 radical (unpaired) electrons. The highest BCUT2D eigenvalue weighted by molar-refractivity contribution is 7.88. The standard InChI is InChI=1S/C26H30FN5O6S/c1-15-12-17(5-6-18(15)27)13-28-23(35)20-21(33)24(36)31-14-16-7-9-26(10-8-16,25(31)29-20)30-22(34)19-4-3-11-32(19)39(2,37)38/h5-6,12,14,19,33H,3-4,7-11,13H2,1-2H3,(H,28,35)(H,30,34). The molecule has 1 aliphatic carbocycles. The number of aryl methyl sites for hydroxylation is 1. The number of amides is 2. The molecule has 2 aromatic rings. The molecule has 208 valence electrons. The topological polar surface area (TPSA) is 151 Å². The minimum atomic E-state index is -3.60. The molecule has 0 spiro atoms. The van der Waals surface area contributed by atoms with Crippen LogP contribution in [0.2, 0.25) is 0 Å². The van der Waals surface area contributed by atoms with Crippen LogP contribution in [0.25, 0.3) is 6.20 Å². The van der Waals surface area contributed by atoms with E-state index >= 15 is 0 Å². The van der Waals surface area contributed by atoms with Crippen LogP contribution in [0.5, 0.6) is 5.75 Å². The summed E-state index contributed by atoms with van der Waals surface area (Å²) in [6, 6.07) is 3.49. The molecule has 3 N–H and O–H groups in total. The van der Waals surface area contributed by atoms with E-state index in [9.17, 15) is 32.3 Å². The first kappa shape index (κ1) is 27.0. The van der Waals surface area contributed by atoms with Gasteiger partial charge in [0, 0.05) is 19.3 Å². The van der Waals surface area contributed by atoms with Crippen molar-refractivity contribution in [2.75, 3.05) is 12.8 Å². The van der Waals surface area contributed by atoms with E-state index in [0.29, 0.717) is 49.7 Å². The van der Waals surface area contributed by atoms with Crippen LogP contribution in [0.15, 0.2) is 28.6 Å². The molecule has 2 fully saturated rings. The smallest absolute Gasteiger partial charge is 0.300 e. The number of allylic oxidation sites excluding steroid dienone is 1. The second-order valence-electron chi connectivity index (χ2n) is 10.5. The molecular weight excluding hydrogens is 529 g/mol. The summed E-state index contributed by atoms with van der Waals surface area (Å²) in [6.07, 6.45) is 5.45. The van der Waals surface area contributed by atoms with Crippen molar-refractivity contribution in [2.24, 2.45) is 0 Å². The Bertz CT molecular complexity index is 1560. The summed E-state index contributed by atoms with van der Waals surface area (Å²) in [6.45, 7) is 1.85. The van der Waals surface area contributed by atoms with E-state index in [2.05, 4.69) is 15.6 Å². The van der Waals surface area contributed by atoms with Crippen molar-refractivity contribution >= 4 is 28.0 Å². The summed E-state index contributed by atoms with van der Waals surface area (Å²) in [5.74, 6) is -2.39. The zero-order chi connectivity index (χ0) is 28.1. The van der Waals surface area contributed by atoms with Gasteiger partial charge in [-0.15, -0.1) is 0 Å². The van der Waals surface area contributed by atoms with Gasteiger partial charge in [-0.25, -0.2) is 17.8 Å². The summed E-state index contributed by atoms with van der Waals surface area (Å²) in [4.78, 5) is 44.2. The number of halogens is 1. The average Bonchev–Trinajstić information content (AvgIpc) is 3.29. The molecule has 1 saturated carbocycles. The highest BCUT2D eigenvalue weighted by atomic mass is 32.2. The quantitative estimate of drug-likeness (QED) is 0.485. The maximum atomic E-state index is 13.6. The van der Waals surface area contributed by atoms with Gasteiger partial charge in [0.25, 0.3) is 5.91 Å². The van der Waals surface area contributed by atoms with Crippen LogP contribution < -0.4 is 16.2 Å². The van der Waals surface area contributed by atoms with Gasteiger partial charge < -0.3 is 15.7 Å². The Balaban J connectivity index is 1.48. The van der Waals surface area contributed by atoms with Gasteiger partial charge in [0.05, 0.1) is 11.8 Å². The number of rotatable bonds is 6. The van der Waals surface area contributed by atoms with E-state index in [1.807, 2.05) is 0 Å². The average molecular weight is 560 g/mol. The number of nitrogens with one attached hydrogen (secondary N) is 2. The molecule has 11 nitrogen and oxygen atoms in total. The number of nitrogens with zero attached hydrogens (tertiary/aromatic N) is 3. The van der Waals surface area contributed by atoms with Crippen LogP contribution >= 0.6 is 0 Å². The summed E-state index contributed by atoms with van der Waals surface area (Å²) < 4.78 is 40.4. The number of aromatic nitrogens is 2. The lowest BCUT2D eigenvalue weighted by molar-refractivity contribution is -0.126. The number of hydrogen-bond donors (Lipinski definition) is 3. The first-order valence-electron chi connectivity index (χ1n) is 12.8. The summed E-state index contributed by atoms with van der Waals surface area (Å²) >= 11 is 0. The fourth-order valence-electron chi connectivity index (χ4n) is 5.66. The van der Waals surface area contributed by atoms with Gasteiger partial charge in [-0.1, -0.05) is 17.7 Å². The molecule has 1 aromatic carbocycles. The van der Waals surface area contributed by atoms with Crippen molar-refractivity contribution in [1.82, 2.24) is 24.5 Å². The highest BCUT2D eigenvalue weighted by Crippen LogP contribution is 2.42. The molecule has 1 saturated heterocycles. The molecule has 2 bridgehead atoms. The number of sulfonamides is 1. The largest absolute Gasteiger partial charge is 0.501 e. The fraction of sp³-hybridized carbons (Fsp3) is 0.462. The van der Waals surface area contributed by atoms with E-state index in [0.717, 1.165) is 11.8 Å². The second kappa shape index (κ2) is 9.87. The van der Waals surface area contributed by atoms with Crippen molar-refractivity contribution in [3.63, 3.8) is 0 Å². The fourth-order valence-corrected chi connectivity index (χ4v) is 6.78. The third-order valence-corrected chi connectivity index (χ3v) is 9.05. The number of carbonyl (C=O) groups excluding carboxylic acids is 2. The van der Waals surface area contributed by atoms with Crippen LogP contribution in [0.3, 0.4) is 0 Å². The SMILES string of the molecule is Cc1cc(CNC(=O)c2nc3n(c(=O)c2O)C=C2CCC3(NC(=O)C3CCCN3S(C)(=O)=O)CC2)ccc1F. The Morgan fingerprint density at radius 1 is 1.26 bits per heavy atom. The summed E-state index contributed by atoms with van der Waals surface area (Å²) in [5.41, 5.74) is -0.515. The van der Waals surface area contributed by atoms with Gasteiger partial charge in [-0.2, -0.15) is 4.31 Å². The lowest BCUT2D eigenvalue weighted by atomic mass is 9.79. The number of fused-ring (bicyclic) bond motifs is 2. The zero-order valence-electron chi connectivity index (χ0n) is 21.7. The van der Waals surface area contributed by atoms with Crippen molar-refractivity contribution in [1.29, 1.82) is 0 Å². The summed E-state index contributed by atoms with van der Waals surface area (Å²) in [5, 5.41) is 16.3. The second-order valence-corrected chi connectivity index (χ2v) is 12.4. The molecule has 4 aliphatic rings. The predicted molar refractivity (Wildman–Crippen MR) is 140 cm³/mol. The van der Waals surface area contributed by atoms with Crippen molar-refractivity contribution in [2.45, 2.75) is 63.6 Å². The minimum Gasteiger partial charge on any atom is -0.501 e. The minimum absolute atomic E-state index is 0.00836. The van der Waals surface area contributed by atoms with Gasteiger partial charge in [0.15, 0.2) is 5.69 Å². The Labute approximate surface area is 224 Å². The van der Waals surface area contributed by atoms with Crippen LogP contribution in [-0.2, 0) is 26.9 Å². The lowest BCUT2D eigenvalue weighted by Crippen LogP contribution is -2.55. The van der Waals surface area contributed by atoms with Gasteiger partial charge in [0.2, 0.25) is 21.7 Å². The Kier molecular flexibility index (Phi) is 6.83. The molecule has 1 aromatic heterocycles. The predicted octanol–water partition coefficient (Wildman–Crippen LogP) is 1.49. The van der Waals surface area contributed by atoms with E-state index in [1.165, 1.54) is 21.0 Å². The van der Waals surface area contributed by atoms with E-state index < -0.39 is 50.4 Å². The number of aromatic hydroxyl groups is 1. The monoisotopic (exact) mass is 559 g/mol. The van der Waals surface area contributed by atoms with Crippen LogP contribution in [0.4, 0.5) is 4.39 Å². The van der Waals surface area contributed by atoms with Gasteiger partial charge in [-0.3, -0.25) is 19.0 Å². The third-order valence-electron chi connectivity index (χ3n) is 7.76. The van der Waals surface area contributed by atoms with Crippen LogP contribution in [0.1, 0.15) is 66.0 Å². The molecule has 4 heterocycles. The molecule has 39 heavy (non-hydrogen) atoms. The zero-order valence-corrected chi connectivity index (χ0v) is 22.5. The molecule has 13 heteroatoms. The Morgan fingerprint density at radius 3 is 2.64 bits per heavy atom. The number of hydrogen-bond acceptors (Lipinski definition) is 7. The number of benzene rings is 1. The molecule has 6 rings (SSSR count). The normalized spacial score (nSPS) is 20.2. The highest BCUT2D eigenvalue weighted by Gasteiger charge is 2.46. The Morgan fingerprint density at radius 2 is 1.97 bits per heavy atom. The van der Waals surface area contributed by atoms with Crippen LogP contribution in [-0.4, -0.2) is 58.0 Å². The molecular formula is C26H30FN5O6S. The first-order chi connectivity index (χ1) is 18.4. The lowest BCUT2D eigenvalue weighted by Gasteiger charge is -2.38. The van der Waals surface area contributed by atoms with Gasteiger partial charge >= 0.3 is 5.56 Å². The Hall–Kier alpha value is -3.58. The molecule has 3 aliphatic heterocycles. The van der Waals surface area contributed by atoms with E-state index in [-0.39, 0.29) is 24.7 Å². The van der Waals surface area contributed by atoms with E-state index in [1.54, 1.807) is 19.2 Å².